The number of rotatable bonds is 4. The highest BCUT2D eigenvalue weighted by Crippen LogP contribution is 2.16. The molecule has 2 aromatic heterocycles. The molecule has 1 aliphatic heterocycles. The first kappa shape index (κ1) is 10.9. The van der Waals surface area contributed by atoms with Gasteiger partial charge in [-0.05, 0) is 36.9 Å². The molecule has 0 aromatic carbocycles. The highest BCUT2D eigenvalue weighted by Gasteiger charge is 2.18. The van der Waals surface area contributed by atoms with Gasteiger partial charge in [0, 0.05) is 17.7 Å². The summed E-state index contributed by atoms with van der Waals surface area (Å²) in [5, 5.41) is 9.45. The third-order valence-electron chi connectivity index (χ3n) is 3.05. The molecule has 0 amide bonds. The minimum Gasteiger partial charge on any atom is -0.339 e. The molecule has 17 heavy (non-hydrogen) atoms. The van der Waals surface area contributed by atoms with Gasteiger partial charge in [0.05, 0.1) is 0 Å². The van der Waals surface area contributed by atoms with Crippen LogP contribution in [-0.4, -0.2) is 23.2 Å². The fraction of sp³-hybridized carbons (Fsp3) is 0.500. The molecule has 90 valence electrons. The predicted molar refractivity (Wildman–Crippen MR) is 66.1 cm³/mol. The van der Waals surface area contributed by atoms with Crippen LogP contribution in [-0.2, 0) is 12.8 Å². The maximum atomic E-state index is 5.29. The summed E-state index contributed by atoms with van der Waals surface area (Å²) >= 11 is 1.73. The molecule has 0 radical (unpaired) electrons. The van der Waals surface area contributed by atoms with Crippen molar-refractivity contribution in [1.82, 2.24) is 15.5 Å². The van der Waals surface area contributed by atoms with Crippen LogP contribution in [0.3, 0.4) is 0 Å². The van der Waals surface area contributed by atoms with Gasteiger partial charge in [0.15, 0.2) is 5.82 Å². The molecule has 0 aliphatic carbocycles. The number of nitrogens with one attached hydrogen (secondary N) is 1. The van der Waals surface area contributed by atoms with Gasteiger partial charge in [0.1, 0.15) is 0 Å². The van der Waals surface area contributed by atoms with Crippen molar-refractivity contribution in [2.75, 3.05) is 13.1 Å². The van der Waals surface area contributed by atoms with E-state index in [9.17, 15) is 0 Å². The van der Waals surface area contributed by atoms with Crippen LogP contribution >= 0.6 is 11.3 Å². The third-order valence-corrected chi connectivity index (χ3v) is 3.92. The molecule has 0 bridgehead atoms. The smallest absolute Gasteiger partial charge is 0.226 e. The Bertz CT molecular complexity index is 460. The molecule has 1 atom stereocenters. The van der Waals surface area contributed by atoms with Crippen molar-refractivity contribution in [3.63, 3.8) is 0 Å². The van der Waals surface area contributed by atoms with E-state index < -0.39 is 0 Å². The first-order chi connectivity index (χ1) is 8.40. The van der Waals surface area contributed by atoms with Gasteiger partial charge in [-0.3, -0.25) is 0 Å². The lowest BCUT2D eigenvalue weighted by Crippen LogP contribution is -2.10. The van der Waals surface area contributed by atoms with Crippen LogP contribution in [0, 0.1) is 5.92 Å². The number of thiophene rings is 1. The lowest BCUT2D eigenvalue weighted by atomic mass is 10.1. The minimum absolute atomic E-state index is 0.657. The molecule has 5 heteroatoms. The Labute approximate surface area is 104 Å². The van der Waals surface area contributed by atoms with Gasteiger partial charge in [-0.1, -0.05) is 11.2 Å². The fourth-order valence-corrected chi connectivity index (χ4v) is 2.85. The Morgan fingerprint density at radius 1 is 1.53 bits per heavy atom. The van der Waals surface area contributed by atoms with Crippen molar-refractivity contribution in [3.05, 3.63) is 34.1 Å². The zero-order chi connectivity index (χ0) is 11.5. The van der Waals surface area contributed by atoms with Crippen LogP contribution in [0.5, 0.6) is 0 Å². The van der Waals surface area contributed by atoms with Crippen LogP contribution in [0.2, 0.25) is 0 Å². The summed E-state index contributed by atoms with van der Waals surface area (Å²) in [6.07, 6.45) is 2.90. The second-order valence-electron chi connectivity index (χ2n) is 4.42. The number of hydrogen-bond donors (Lipinski definition) is 1. The van der Waals surface area contributed by atoms with Crippen molar-refractivity contribution in [2.24, 2.45) is 5.92 Å². The Balaban J connectivity index is 1.61. The topological polar surface area (TPSA) is 51.0 Å². The normalized spacial score (nSPS) is 19.9. The maximum Gasteiger partial charge on any atom is 0.226 e. The molecule has 4 nitrogen and oxygen atoms in total. The average molecular weight is 249 g/mol. The summed E-state index contributed by atoms with van der Waals surface area (Å²) in [6, 6.07) is 4.15. The summed E-state index contributed by atoms with van der Waals surface area (Å²) in [5.41, 5.74) is 0. The first-order valence-electron chi connectivity index (χ1n) is 5.95. The van der Waals surface area contributed by atoms with Crippen molar-refractivity contribution < 1.29 is 4.52 Å². The molecule has 3 rings (SSSR count). The van der Waals surface area contributed by atoms with E-state index >= 15 is 0 Å². The lowest BCUT2D eigenvalue weighted by molar-refractivity contribution is 0.354. The summed E-state index contributed by atoms with van der Waals surface area (Å²) in [7, 11) is 0. The second-order valence-corrected chi connectivity index (χ2v) is 5.46. The largest absolute Gasteiger partial charge is 0.339 e. The Morgan fingerprint density at radius 2 is 2.53 bits per heavy atom. The third kappa shape index (κ3) is 2.73. The Kier molecular flexibility index (Phi) is 3.20. The second kappa shape index (κ2) is 4.98. The monoisotopic (exact) mass is 249 g/mol. The number of hydrogen-bond acceptors (Lipinski definition) is 5. The molecule has 0 saturated carbocycles. The van der Waals surface area contributed by atoms with E-state index in [4.69, 9.17) is 4.52 Å². The molecule has 1 aliphatic rings. The molecule has 1 saturated heterocycles. The van der Waals surface area contributed by atoms with E-state index in [1.165, 1.54) is 11.3 Å². The molecule has 1 fully saturated rings. The molecule has 0 spiro atoms. The lowest BCUT2D eigenvalue weighted by Gasteiger charge is -2.01. The molecule has 1 N–H and O–H groups in total. The summed E-state index contributed by atoms with van der Waals surface area (Å²) < 4.78 is 5.29. The molecular formula is C12H15N3OS. The van der Waals surface area contributed by atoms with Gasteiger partial charge >= 0.3 is 0 Å². The summed E-state index contributed by atoms with van der Waals surface area (Å²) in [6.45, 7) is 2.18. The minimum atomic E-state index is 0.657. The van der Waals surface area contributed by atoms with Crippen molar-refractivity contribution in [1.29, 1.82) is 0 Å². The van der Waals surface area contributed by atoms with Gasteiger partial charge < -0.3 is 9.84 Å². The van der Waals surface area contributed by atoms with E-state index in [2.05, 4.69) is 26.9 Å². The van der Waals surface area contributed by atoms with E-state index in [0.29, 0.717) is 5.92 Å². The van der Waals surface area contributed by atoms with E-state index in [-0.39, 0.29) is 0 Å². The summed E-state index contributed by atoms with van der Waals surface area (Å²) in [4.78, 5) is 5.73. The number of aromatic nitrogens is 2. The van der Waals surface area contributed by atoms with Gasteiger partial charge in [0.25, 0.3) is 0 Å². The van der Waals surface area contributed by atoms with Gasteiger partial charge in [-0.2, -0.15) is 4.98 Å². The van der Waals surface area contributed by atoms with Crippen LogP contribution < -0.4 is 5.32 Å². The molecule has 1 unspecified atom stereocenters. The highest BCUT2D eigenvalue weighted by molar-refractivity contribution is 7.09. The van der Waals surface area contributed by atoms with Crippen LogP contribution in [0.15, 0.2) is 22.0 Å². The van der Waals surface area contributed by atoms with Crippen LogP contribution in [0.1, 0.15) is 23.0 Å². The van der Waals surface area contributed by atoms with Crippen molar-refractivity contribution in [2.45, 2.75) is 19.3 Å². The van der Waals surface area contributed by atoms with Crippen LogP contribution in [0.4, 0.5) is 0 Å². The SMILES string of the molecule is c1csc(Cc2noc(CC3CCNC3)n2)c1. The molecule has 3 heterocycles. The van der Waals surface area contributed by atoms with Gasteiger partial charge in [0.2, 0.25) is 5.89 Å². The predicted octanol–water partition coefficient (Wildman–Crippen LogP) is 1.87. The van der Waals surface area contributed by atoms with Crippen molar-refractivity contribution >= 4 is 11.3 Å². The standard InChI is InChI=1S/C12H15N3OS/c1-2-10(17-5-1)7-11-14-12(16-15-11)6-9-3-4-13-8-9/h1-2,5,9,13H,3-4,6-8H2. The highest BCUT2D eigenvalue weighted by atomic mass is 32.1. The average Bonchev–Trinajstić information content (AvgIpc) is 3.02. The zero-order valence-corrected chi connectivity index (χ0v) is 10.4. The molecular weight excluding hydrogens is 234 g/mol. The van der Waals surface area contributed by atoms with E-state index in [1.807, 2.05) is 6.07 Å². The van der Waals surface area contributed by atoms with E-state index in [1.54, 1.807) is 11.3 Å². The van der Waals surface area contributed by atoms with Crippen LogP contribution in [0.25, 0.3) is 0 Å². The van der Waals surface area contributed by atoms with Crippen molar-refractivity contribution in [3.8, 4) is 0 Å². The Hall–Kier alpha value is -1.20. The number of nitrogens with zero attached hydrogens (tertiary/aromatic N) is 2. The summed E-state index contributed by atoms with van der Waals surface area (Å²) in [5.74, 6) is 2.24. The maximum absolute atomic E-state index is 5.29. The first-order valence-corrected chi connectivity index (χ1v) is 6.82. The zero-order valence-electron chi connectivity index (χ0n) is 9.56. The van der Waals surface area contributed by atoms with E-state index in [0.717, 1.165) is 37.6 Å². The quantitative estimate of drug-likeness (QED) is 0.898. The van der Waals surface area contributed by atoms with Gasteiger partial charge in [-0.25, -0.2) is 0 Å². The Morgan fingerprint density at radius 3 is 3.29 bits per heavy atom. The molecule has 2 aromatic rings. The fourth-order valence-electron chi connectivity index (χ4n) is 2.15. The van der Waals surface area contributed by atoms with Gasteiger partial charge in [-0.15, -0.1) is 11.3 Å².